The lowest BCUT2D eigenvalue weighted by atomic mass is 10.1. The minimum absolute atomic E-state index is 0.00177. The predicted octanol–water partition coefficient (Wildman–Crippen LogP) is 3.14. The Morgan fingerprint density at radius 1 is 0.719 bits per heavy atom. The van der Waals surface area contributed by atoms with Gasteiger partial charge in [0.15, 0.2) is 0 Å². The first-order valence-corrected chi connectivity index (χ1v) is 10.8. The molecule has 2 heterocycles. The van der Waals surface area contributed by atoms with Crippen LogP contribution in [0.3, 0.4) is 0 Å². The van der Waals surface area contributed by atoms with E-state index in [1.165, 1.54) is 9.13 Å². The van der Waals surface area contributed by atoms with Crippen LogP contribution in [0.2, 0.25) is 0 Å². The number of nitrogens with zero attached hydrogens (tertiary/aromatic N) is 3. The van der Waals surface area contributed by atoms with Crippen LogP contribution in [0.25, 0.3) is 21.5 Å². The van der Waals surface area contributed by atoms with Crippen molar-refractivity contribution in [1.29, 1.82) is 0 Å². The smallest absolute Gasteiger partial charge is 0.253 e. The Bertz CT molecular complexity index is 1270. The van der Waals surface area contributed by atoms with Gasteiger partial charge in [-0.2, -0.15) is 0 Å². The number of benzene rings is 2. The lowest BCUT2D eigenvalue weighted by molar-refractivity contribution is 0.300. The molecule has 0 aliphatic heterocycles. The van der Waals surface area contributed by atoms with Gasteiger partial charge in [-0.1, -0.05) is 36.4 Å². The summed E-state index contributed by atoms with van der Waals surface area (Å²) in [5.41, 5.74) is -0.426. The molecule has 0 unspecified atom stereocenters. The molecule has 0 aliphatic carbocycles. The third-order valence-corrected chi connectivity index (χ3v) is 5.85. The van der Waals surface area contributed by atoms with Crippen LogP contribution >= 0.6 is 0 Å². The SMILES string of the molecule is CN(CCCn1c(O)c2ccccc2cc1=O)CCCn1c(O)c2ccccc2cc1=O. The summed E-state index contributed by atoms with van der Waals surface area (Å²) in [5.74, 6) is 0.00353. The molecule has 2 N–H and O–H groups in total. The molecule has 4 rings (SSSR count). The number of aromatic hydroxyl groups is 2. The van der Waals surface area contributed by atoms with Crippen LogP contribution < -0.4 is 11.1 Å². The summed E-state index contributed by atoms with van der Waals surface area (Å²) in [6.07, 6.45) is 1.40. The number of pyridine rings is 2. The van der Waals surface area contributed by atoms with E-state index in [0.29, 0.717) is 36.7 Å². The van der Waals surface area contributed by atoms with Crippen LogP contribution in [0.4, 0.5) is 0 Å². The molecule has 0 atom stereocenters. The number of hydrogen-bond donors (Lipinski definition) is 2. The summed E-state index contributed by atoms with van der Waals surface area (Å²) in [7, 11) is 1.98. The summed E-state index contributed by atoms with van der Waals surface area (Å²) in [6.45, 7) is 2.31. The normalized spacial score (nSPS) is 11.6. The molecule has 0 bridgehead atoms. The van der Waals surface area contributed by atoms with Crippen molar-refractivity contribution in [2.24, 2.45) is 0 Å². The van der Waals surface area contributed by atoms with E-state index in [4.69, 9.17) is 0 Å². The van der Waals surface area contributed by atoms with Gasteiger partial charge in [0.2, 0.25) is 11.8 Å². The van der Waals surface area contributed by atoms with Crippen LogP contribution in [0.1, 0.15) is 12.8 Å². The molecule has 0 aliphatic rings. The fourth-order valence-corrected chi connectivity index (χ4v) is 4.12. The largest absolute Gasteiger partial charge is 0.494 e. The zero-order valence-corrected chi connectivity index (χ0v) is 18.1. The molecule has 0 amide bonds. The molecule has 7 heteroatoms. The van der Waals surface area contributed by atoms with Crippen LogP contribution in [0.15, 0.2) is 70.3 Å². The second kappa shape index (κ2) is 9.28. The summed E-state index contributed by atoms with van der Waals surface area (Å²) >= 11 is 0. The Kier molecular flexibility index (Phi) is 6.28. The summed E-state index contributed by atoms with van der Waals surface area (Å²) in [4.78, 5) is 26.8. The molecule has 4 aromatic rings. The monoisotopic (exact) mass is 433 g/mol. The molecule has 0 saturated carbocycles. The lowest BCUT2D eigenvalue weighted by Gasteiger charge is -2.18. The van der Waals surface area contributed by atoms with Gasteiger partial charge < -0.3 is 15.1 Å². The topological polar surface area (TPSA) is 87.7 Å². The molecule has 0 saturated heterocycles. The van der Waals surface area contributed by atoms with Gasteiger partial charge in [-0.05, 0) is 55.9 Å². The quantitative estimate of drug-likeness (QED) is 0.446. The fourth-order valence-electron chi connectivity index (χ4n) is 4.12. The maximum Gasteiger partial charge on any atom is 0.253 e. The van der Waals surface area contributed by atoms with E-state index < -0.39 is 0 Å². The summed E-state index contributed by atoms with van der Waals surface area (Å²) < 4.78 is 2.81. The fraction of sp³-hybridized carbons (Fsp3) is 0.280. The van der Waals surface area contributed by atoms with Gasteiger partial charge in [0.05, 0.1) is 0 Å². The number of hydrogen-bond acceptors (Lipinski definition) is 5. The third kappa shape index (κ3) is 4.38. The Labute approximate surface area is 185 Å². The Hall–Kier alpha value is -3.58. The van der Waals surface area contributed by atoms with Gasteiger partial charge in [0.1, 0.15) is 0 Å². The first kappa shape index (κ1) is 21.6. The lowest BCUT2D eigenvalue weighted by Crippen LogP contribution is -2.27. The van der Waals surface area contributed by atoms with E-state index in [9.17, 15) is 19.8 Å². The molecule has 0 fully saturated rings. The van der Waals surface area contributed by atoms with Crippen molar-refractivity contribution in [3.63, 3.8) is 0 Å². The summed E-state index contributed by atoms with van der Waals surface area (Å²) in [5, 5.41) is 23.8. The molecule has 7 nitrogen and oxygen atoms in total. The van der Waals surface area contributed by atoms with Gasteiger partial charge in [0, 0.05) is 36.0 Å². The van der Waals surface area contributed by atoms with Crippen molar-refractivity contribution in [2.45, 2.75) is 25.9 Å². The van der Waals surface area contributed by atoms with Crippen molar-refractivity contribution < 1.29 is 10.2 Å². The van der Waals surface area contributed by atoms with Gasteiger partial charge >= 0.3 is 0 Å². The van der Waals surface area contributed by atoms with Gasteiger partial charge in [-0.3, -0.25) is 18.7 Å². The standard InChI is InChI=1S/C25H27N3O4/c1-26(12-6-14-27-22(29)16-18-8-2-4-10-20(18)24(27)31)13-7-15-28-23(30)17-19-9-3-5-11-21(19)25(28)32/h2-5,8-11,16-17,31-32H,6-7,12-15H2,1H3. The molecule has 2 aromatic heterocycles. The molecule has 2 aromatic carbocycles. The minimum atomic E-state index is -0.213. The Balaban J connectivity index is 1.33. The molecule has 32 heavy (non-hydrogen) atoms. The van der Waals surface area contributed by atoms with Crippen molar-refractivity contribution in [2.75, 3.05) is 20.1 Å². The van der Waals surface area contributed by atoms with Crippen LogP contribution in [-0.2, 0) is 13.1 Å². The van der Waals surface area contributed by atoms with Crippen LogP contribution in [0.5, 0.6) is 11.8 Å². The maximum absolute atomic E-state index is 12.3. The first-order chi connectivity index (χ1) is 15.5. The highest BCUT2D eigenvalue weighted by Crippen LogP contribution is 2.23. The second-order valence-electron chi connectivity index (χ2n) is 8.10. The number of rotatable bonds is 8. The first-order valence-electron chi connectivity index (χ1n) is 10.8. The van der Waals surface area contributed by atoms with Crippen molar-refractivity contribution >= 4 is 21.5 Å². The average Bonchev–Trinajstić information content (AvgIpc) is 2.78. The highest BCUT2D eigenvalue weighted by Gasteiger charge is 2.10. The minimum Gasteiger partial charge on any atom is -0.494 e. The number of aromatic nitrogens is 2. The highest BCUT2D eigenvalue weighted by atomic mass is 16.3. The van der Waals surface area contributed by atoms with E-state index in [0.717, 1.165) is 23.9 Å². The predicted molar refractivity (Wildman–Crippen MR) is 126 cm³/mol. The zero-order valence-electron chi connectivity index (χ0n) is 18.1. The average molecular weight is 434 g/mol. The molecule has 0 spiro atoms. The Morgan fingerprint density at radius 3 is 1.56 bits per heavy atom. The van der Waals surface area contributed by atoms with Crippen molar-refractivity contribution in [3.05, 3.63) is 81.4 Å². The zero-order chi connectivity index (χ0) is 22.7. The third-order valence-electron chi connectivity index (χ3n) is 5.85. The van der Waals surface area contributed by atoms with Gasteiger partial charge in [-0.25, -0.2) is 0 Å². The van der Waals surface area contributed by atoms with E-state index >= 15 is 0 Å². The van der Waals surface area contributed by atoms with Crippen molar-refractivity contribution in [3.8, 4) is 11.8 Å². The maximum atomic E-state index is 12.3. The van der Waals surface area contributed by atoms with Crippen LogP contribution in [-0.4, -0.2) is 44.4 Å². The van der Waals surface area contributed by atoms with E-state index in [1.807, 2.05) is 43.4 Å². The molecule has 166 valence electrons. The van der Waals surface area contributed by atoms with Gasteiger partial charge in [-0.15, -0.1) is 0 Å². The van der Waals surface area contributed by atoms with E-state index in [-0.39, 0.29) is 22.9 Å². The molecule has 0 radical (unpaired) electrons. The summed E-state index contributed by atoms with van der Waals surface area (Å²) in [6, 6.07) is 17.7. The van der Waals surface area contributed by atoms with Crippen LogP contribution in [0, 0.1) is 0 Å². The molecular formula is C25H27N3O4. The molecular weight excluding hydrogens is 406 g/mol. The van der Waals surface area contributed by atoms with Gasteiger partial charge in [0.25, 0.3) is 11.1 Å². The van der Waals surface area contributed by atoms with E-state index in [2.05, 4.69) is 4.90 Å². The number of fused-ring (bicyclic) bond motifs is 2. The van der Waals surface area contributed by atoms with E-state index in [1.54, 1.807) is 24.3 Å². The van der Waals surface area contributed by atoms with Crippen molar-refractivity contribution in [1.82, 2.24) is 14.0 Å². The highest BCUT2D eigenvalue weighted by molar-refractivity contribution is 5.87. The second-order valence-corrected chi connectivity index (χ2v) is 8.10. The Morgan fingerprint density at radius 2 is 1.12 bits per heavy atom.